The Hall–Kier alpha value is -1.05. The molecule has 1 aromatic rings. The van der Waals surface area contributed by atoms with E-state index in [1.807, 2.05) is 0 Å². The van der Waals surface area contributed by atoms with Crippen LogP contribution in [0.25, 0.3) is 0 Å². The molecule has 0 unspecified atom stereocenters. The van der Waals surface area contributed by atoms with Gasteiger partial charge >= 0.3 is 0 Å². The van der Waals surface area contributed by atoms with Crippen LogP contribution in [0, 0.1) is 0 Å². The van der Waals surface area contributed by atoms with E-state index in [0.29, 0.717) is 0 Å². The molecule has 1 aromatic heterocycles. The van der Waals surface area contributed by atoms with Crippen LogP contribution in [0.3, 0.4) is 0 Å². The maximum Gasteiger partial charge on any atom is 0.156 e. The Morgan fingerprint density at radius 3 is 3.00 bits per heavy atom. The summed E-state index contributed by atoms with van der Waals surface area (Å²) in [5, 5.41) is 0. The van der Waals surface area contributed by atoms with Crippen molar-refractivity contribution in [1.29, 1.82) is 0 Å². The lowest BCUT2D eigenvalue weighted by atomic mass is 10.4. The van der Waals surface area contributed by atoms with Crippen molar-refractivity contribution in [1.82, 2.24) is 4.98 Å². The maximum absolute atomic E-state index is 7.23. The van der Waals surface area contributed by atoms with Crippen molar-refractivity contribution in [2.24, 2.45) is 0 Å². The first-order valence-electron chi connectivity index (χ1n) is 4.57. The quantitative estimate of drug-likeness (QED) is 0.563. The van der Waals surface area contributed by atoms with E-state index in [-0.39, 0.29) is 5.72 Å². The number of hydrogen-bond donors (Lipinski definition) is 1. The number of hydrogen-bond acceptors (Lipinski definition) is 2. The van der Waals surface area contributed by atoms with Crippen molar-refractivity contribution in [2.75, 3.05) is 5.72 Å². The Morgan fingerprint density at radius 2 is 2.43 bits per heavy atom. The van der Waals surface area contributed by atoms with E-state index < -0.39 is 30.1 Å². The van der Waals surface area contributed by atoms with Gasteiger partial charge < -0.3 is 5.72 Å². The molecule has 36 valence electrons. The molecule has 1 rings (SSSR count). The molecule has 0 aliphatic rings. The Morgan fingerprint density at radius 1 is 1.71 bits per heavy atom. The molecular weight excluding hydrogens is 88.1 g/mol. The van der Waals surface area contributed by atoms with Crippen LogP contribution < -0.4 is 5.72 Å². The molecule has 0 bridgehead atoms. The van der Waals surface area contributed by atoms with Crippen LogP contribution >= 0.6 is 0 Å². The Kier molecular flexibility index (Phi) is 0.233. The summed E-state index contributed by atoms with van der Waals surface area (Å²) in [4.78, 5) is 3.28. The number of nitrogens with zero attached hydrogens (tertiary/aromatic N) is 1. The molecule has 0 aromatic carbocycles. The Labute approximate surface area is 50.5 Å². The second-order valence-corrected chi connectivity index (χ2v) is 0.934. The fraction of sp³-hybridized carbons (Fsp3) is 0. The summed E-state index contributed by atoms with van der Waals surface area (Å²) < 4.78 is 42.4. The molecular formula is C5H6N2. The molecule has 0 fully saturated rings. The van der Waals surface area contributed by atoms with Gasteiger partial charge in [0.1, 0.15) is 0 Å². The molecule has 0 saturated carbocycles. The summed E-state index contributed by atoms with van der Waals surface area (Å²) in [5.41, 5.74) is -0.354. The zero-order valence-corrected chi connectivity index (χ0v) is 3.39. The molecule has 0 aliphatic carbocycles. The first-order valence-corrected chi connectivity index (χ1v) is 1.67. The summed E-state index contributed by atoms with van der Waals surface area (Å²) in [5.74, 6) is 0. The SMILES string of the molecule is [2H]c1nc([2H])c([2H])c(N([2H])[2H])c1[2H]. The monoisotopic (exact) mass is 100 g/mol. The maximum atomic E-state index is 7.23. The van der Waals surface area contributed by atoms with Crippen LogP contribution in [0.4, 0.5) is 5.69 Å². The van der Waals surface area contributed by atoms with E-state index in [9.17, 15) is 0 Å². The lowest BCUT2D eigenvalue weighted by molar-refractivity contribution is 1.33. The van der Waals surface area contributed by atoms with E-state index >= 15 is 0 Å². The zero-order chi connectivity index (χ0) is 10.2. The van der Waals surface area contributed by atoms with Crippen LogP contribution in [-0.2, 0) is 0 Å². The topological polar surface area (TPSA) is 38.9 Å². The van der Waals surface area contributed by atoms with Gasteiger partial charge in [0.05, 0.1) is 5.48 Å². The first-order chi connectivity index (χ1) is 5.95. The zero-order valence-electron chi connectivity index (χ0n) is 9.39. The fourth-order valence-electron chi connectivity index (χ4n) is 0.221. The molecule has 0 aliphatic heterocycles. The van der Waals surface area contributed by atoms with Crippen molar-refractivity contribution in [3.63, 3.8) is 0 Å². The van der Waals surface area contributed by atoms with Crippen molar-refractivity contribution in [3.05, 3.63) is 24.4 Å². The molecule has 7 heavy (non-hydrogen) atoms. The van der Waals surface area contributed by atoms with Crippen LogP contribution in [0.1, 0.15) is 5.48 Å². The molecule has 0 amide bonds. The number of anilines is 1. The molecule has 0 saturated heterocycles. The largest absolute Gasteiger partial charge is 0.399 e. The summed E-state index contributed by atoms with van der Waals surface area (Å²) in [6.07, 6.45) is -0.999. The minimum absolute atomic E-state index is 0.0441. The Balaban J connectivity index is 3.46. The van der Waals surface area contributed by atoms with Gasteiger partial charge in [-0.05, 0) is 12.1 Å². The van der Waals surface area contributed by atoms with Crippen LogP contribution in [0.2, 0.25) is 2.82 Å². The van der Waals surface area contributed by atoms with Gasteiger partial charge in [0.15, 0.2) is 2.82 Å². The molecule has 1 heterocycles. The average Bonchev–Trinajstić information content (AvgIpc) is 2.01. The highest BCUT2D eigenvalue weighted by atomic mass is 14.6. The van der Waals surface area contributed by atoms with Crippen molar-refractivity contribution >= 4 is 5.69 Å². The minimum atomic E-state index is -0.500. The third-order valence-electron chi connectivity index (χ3n) is 0.460. The minimum Gasteiger partial charge on any atom is -0.399 e. The number of nitrogens with two attached hydrogens (primary N) is 1. The summed E-state index contributed by atoms with van der Waals surface area (Å²) in [6.45, 7) is 0. The van der Waals surface area contributed by atoms with Crippen molar-refractivity contribution in [3.8, 4) is 0 Å². The van der Waals surface area contributed by atoms with E-state index in [1.54, 1.807) is 0 Å². The lowest BCUT2D eigenvalue weighted by Crippen LogP contribution is -1.81. The summed E-state index contributed by atoms with van der Waals surface area (Å²) in [7, 11) is 0. The molecule has 0 radical (unpaired) electrons. The van der Waals surface area contributed by atoms with Gasteiger partial charge in [0.2, 0.25) is 0 Å². The smallest absolute Gasteiger partial charge is 0.156 e. The number of nitrogen functional groups attached to an aromatic ring is 1. The molecule has 2 N–H and O–H groups in total. The number of rotatable bonds is 1. The predicted octanol–water partition coefficient (Wildman–Crippen LogP) is 0.664. The Bertz CT molecular complexity index is 312. The standard InChI is InChI=1S/C5H6N2/c6-5-1-3-7-4-2-5/h1-4H,(H2,6,7)/i1D,2D,3D,4D/hD2. The highest BCUT2D eigenvalue weighted by Crippen LogP contribution is 1.92. The third-order valence-corrected chi connectivity index (χ3v) is 0.460. The van der Waals surface area contributed by atoms with Gasteiger partial charge in [-0.1, -0.05) is 0 Å². The van der Waals surface area contributed by atoms with Gasteiger partial charge in [-0.25, -0.2) is 0 Å². The third kappa shape index (κ3) is 0.892. The van der Waals surface area contributed by atoms with E-state index in [4.69, 9.17) is 8.31 Å². The summed E-state index contributed by atoms with van der Waals surface area (Å²) in [6, 6.07) is -0.961. The van der Waals surface area contributed by atoms with Crippen LogP contribution in [0.15, 0.2) is 24.4 Å². The van der Waals surface area contributed by atoms with Gasteiger partial charge in [-0.2, -0.15) is 0 Å². The fourth-order valence-corrected chi connectivity index (χ4v) is 0.221. The molecule has 0 atom stereocenters. The summed E-state index contributed by atoms with van der Waals surface area (Å²) >= 11 is 0. The first kappa shape index (κ1) is 1.02. The van der Waals surface area contributed by atoms with E-state index in [1.165, 1.54) is 0 Å². The molecule has 2 nitrogen and oxygen atoms in total. The van der Waals surface area contributed by atoms with Gasteiger partial charge in [-0.3, -0.25) is 4.98 Å². The normalized spacial score (nSPS) is 20.0. The average molecular weight is 100 g/mol. The van der Waals surface area contributed by atoms with E-state index in [0.717, 1.165) is 0 Å². The molecule has 2 heteroatoms. The second kappa shape index (κ2) is 1.60. The van der Waals surface area contributed by atoms with Gasteiger partial charge in [0.25, 0.3) is 0 Å². The second-order valence-electron chi connectivity index (χ2n) is 0.934. The van der Waals surface area contributed by atoms with Gasteiger partial charge in [0, 0.05) is 18.0 Å². The van der Waals surface area contributed by atoms with Crippen molar-refractivity contribution in [2.45, 2.75) is 0 Å². The number of pyridine rings is 1. The van der Waals surface area contributed by atoms with Gasteiger partial charge in [-0.15, -0.1) is 0 Å². The highest BCUT2D eigenvalue weighted by Gasteiger charge is 1.73. The van der Waals surface area contributed by atoms with E-state index in [2.05, 4.69) is 4.98 Å². The lowest BCUT2D eigenvalue weighted by Gasteiger charge is -1.83. The van der Waals surface area contributed by atoms with Crippen LogP contribution in [-0.4, -0.2) is 4.98 Å². The van der Waals surface area contributed by atoms with Crippen LogP contribution in [0.5, 0.6) is 0 Å². The predicted molar refractivity (Wildman–Crippen MR) is 28.6 cm³/mol. The molecule has 0 spiro atoms. The number of aromatic nitrogens is 1. The highest BCUT2D eigenvalue weighted by molar-refractivity contribution is 5.33. The van der Waals surface area contributed by atoms with Crippen molar-refractivity contribution < 1.29 is 8.31 Å².